The molecule has 0 bridgehead atoms. The highest BCUT2D eigenvalue weighted by Gasteiger charge is 2.55. The summed E-state index contributed by atoms with van der Waals surface area (Å²) < 4.78 is 6.37. The van der Waals surface area contributed by atoms with E-state index in [2.05, 4.69) is 10.9 Å². The number of terminal acetylenes is 1. The Bertz CT molecular complexity index is 584. The summed E-state index contributed by atoms with van der Waals surface area (Å²) in [5.74, 6) is 2.25. The second-order valence-electron chi connectivity index (χ2n) is 4.11. The van der Waals surface area contributed by atoms with Gasteiger partial charge in [0.1, 0.15) is 18.0 Å². The number of nitrogens with two attached hydrogens (primary N) is 1. The van der Waals surface area contributed by atoms with Crippen LogP contribution in [0, 0.1) is 12.3 Å². The molecular formula is C11H12ClN3O4. The average Bonchev–Trinajstić information content (AvgIpc) is 2.63. The Balaban J connectivity index is 2.49. The molecule has 4 atom stereocenters. The number of aliphatic hydroxyl groups excluding tert-OH is 2. The first-order valence-electron chi connectivity index (χ1n) is 5.39. The van der Waals surface area contributed by atoms with Gasteiger partial charge in [0.15, 0.2) is 11.1 Å². The third-order valence-electron chi connectivity index (χ3n) is 2.95. The van der Waals surface area contributed by atoms with Gasteiger partial charge in [-0.15, -0.1) is 6.42 Å². The molecule has 1 saturated heterocycles. The van der Waals surface area contributed by atoms with Crippen LogP contribution in [0.15, 0.2) is 17.1 Å². The minimum atomic E-state index is -1.67. The van der Waals surface area contributed by atoms with Gasteiger partial charge in [-0.3, -0.25) is 4.57 Å². The summed E-state index contributed by atoms with van der Waals surface area (Å²) in [5, 5.41) is 19.1. The van der Waals surface area contributed by atoms with Crippen LogP contribution < -0.4 is 11.4 Å². The molecule has 1 fully saturated rings. The average molecular weight is 286 g/mol. The molecule has 1 unspecified atom stereocenters. The van der Waals surface area contributed by atoms with Crippen molar-refractivity contribution in [3.05, 3.63) is 22.7 Å². The molecule has 1 aromatic heterocycles. The summed E-state index contributed by atoms with van der Waals surface area (Å²) in [6.07, 6.45) is 3.18. The van der Waals surface area contributed by atoms with Gasteiger partial charge in [0, 0.05) is 6.20 Å². The van der Waals surface area contributed by atoms with E-state index in [0.29, 0.717) is 0 Å². The highest BCUT2D eigenvalue weighted by molar-refractivity contribution is 6.27. The van der Waals surface area contributed by atoms with E-state index in [1.54, 1.807) is 0 Å². The monoisotopic (exact) mass is 285 g/mol. The molecule has 0 spiro atoms. The molecule has 4 N–H and O–H groups in total. The van der Waals surface area contributed by atoms with E-state index in [4.69, 9.17) is 33.6 Å². The first-order valence-corrected chi connectivity index (χ1v) is 5.77. The summed E-state index contributed by atoms with van der Waals surface area (Å²) in [6, 6.07) is 1.37. The van der Waals surface area contributed by atoms with Crippen molar-refractivity contribution in [1.82, 2.24) is 9.55 Å². The highest BCUT2D eigenvalue weighted by atomic mass is 35.5. The predicted octanol–water partition coefficient (Wildman–Crippen LogP) is -1.31. The number of aromatic nitrogens is 2. The Morgan fingerprint density at radius 2 is 2.42 bits per heavy atom. The zero-order chi connectivity index (χ0) is 14.2. The largest absolute Gasteiger partial charge is 0.394 e. The minimum Gasteiger partial charge on any atom is -0.394 e. The first kappa shape index (κ1) is 13.8. The second-order valence-corrected chi connectivity index (χ2v) is 4.73. The molecule has 1 aromatic rings. The van der Waals surface area contributed by atoms with Crippen LogP contribution in [-0.4, -0.2) is 43.5 Å². The van der Waals surface area contributed by atoms with E-state index in [9.17, 15) is 9.90 Å². The van der Waals surface area contributed by atoms with Crippen molar-refractivity contribution in [2.45, 2.75) is 23.3 Å². The van der Waals surface area contributed by atoms with Gasteiger partial charge in [-0.2, -0.15) is 4.98 Å². The number of nitrogens with zero attached hydrogens (tertiary/aromatic N) is 2. The summed E-state index contributed by atoms with van der Waals surface area (Å²) in [6.45, 7) is -0.481. The van der Waals surface area contributed by atoms with Gasteiger partial charge in [-0.05, 0) is 6.07 Å². The number of rotatable bonds is 2. The van der Waals surface area contributed by atoms with Crippen molar-refractivity contribution in [3.8, 4) is 12.3 Å². The lowest BCUT2D eigenvalue weighted by Gasteiger charge is -2.25. The minimum absolute atomic E-state index is 0.0411. The lowest BCUT2D eigenvalue weighted by molar-refractivity contribution is -0.0464. The Hall–Kier alpha value is -1.59. The van der Waals surface area contributed by atoms with Crippen LogP contribution in [0.2, 0.25) is 0 Å². The van der Waals surface area contributed by atoms with Crippen LogP contribution in [0.3, 0.4) is 0 Å². The van der Waals surface area contributed by atoms with Gasteiger partial charge in [-0.1, -0.05) is 17.5 Å². The third kappa shape index (κ3) is 2.09. The van der Waals surface area contributed by atoms with Crippen molar-refractivity contribution in [2.24, 2.45) is 0 Å². The SMILES string of the molecule is C#CC1(Cl)[C@@H](O)[C@@H](CO)O[C@H]1n1ccc(N)nc1=O. The standard InChI is InChI=1S/C11H12ClN3O4/c1-2-11(12)8(17)6(5-16)19-9(11)15-4-3-7(13)14-10(15)18/h1,3-4,6,8-9,16-17H,5H2,(H2,13,14,18)/t6-,8+,9-,11?/m1/s1. The van der Waals surface area contributed by atoms with E-state index in [-0.39, 0.29) is 5.82 Å². The molecule has 2 rings (SSSR count). The van der Waals surface area contributed by atoms with Gasteiger partial charge < -0.3 is 20.7 Å². The predicted molar refractivity (Wildman–Crippen MR) is 67.3 cm³/mol. The summed E-state index contributed by atoms with van der Waals surface area (Å²) >= 11 is 6.15. The van der Waals surface area contributed by atoms with Crippen molar-refractivity contribution in [3.63, 3.8) is 0 Å². The molecule has 0 radical (unpaired) electrons. The Morgan fingerprint density at radius 3 is 2.95 bits per heavy atom. The van der Waals surface area contributed by atoms with Gasteiger partial charge in [-0.25, -0.2) is 4.79 Å². The number of hydrogen-bond donors (Lipinski definition) is 3. The van der Waals surface area contributed by atoms with Crippen LogP contribution in [0.4, 0.5) is 5.82 Å². The lowest BCUT2D eigenvalue weighted by atomic mass is 9.99. The molecule has 0 saturated carbocycles. The van der Waals surface area contributed by atoms with Crippen LogP contribution in [0.5, 0.6) is 0 Å². The number of hydrogen-bond acceptors (Lipinski definition) is 6. The molecule has 0 aliphatic carbocycles. The van der Waals surface area contributed by atoms with Gasteiger partial charge in [0.25, 0.3) is 0 Å². The van der Waals surface area contributed by atoms with Crippen molar-refractivity contribution < 1.29 is 14.9 Å². The Kier molecular flexibility index (Phi) is 3.52. The quantitative estimate of drug-likeness (QED) is 0.459. The molecule has 2 heterocycles. The molecule has 8 heteroatoms. The molecule has 0 amide bonds. The molecular weight excluding hydrogens is 274 g/mol. The molecule has 1 aliphatic rings. The number of alkyl halides is 1. The van der Waals surface area contributed by atoms with Crippen molar-refractivity contribution in [1.29, 1.82) is 0 Å². The smallest absolute Gasteiger partial charge is 0.351 e. The zero-order valence-corrected chi connectivity index (χ0v) is 10.5. The van der Waals surface area contributed by atoms with Gasteiger partial charge in [0.2, 0.25) is 0 Å². The normalized spacial score (nSPS) is 34.1. The van der Waals surface area contributed by atoms with Crippen LogP contribution in [0.25, 0.3) is 0 Å². The first-order chi connectivity index (χ1) is 8.93. The highest BCUT2D eigenvalue weighted by Crippen LogP contribution is 2.42. The number of aliphatic hydroxyl groups is 2. The summed E-state index contributed by atoms with van der Waals surface area (Å²) in [5.41, 5.74) is 4.67. The number of halogens is 1. The Morgan fingerprint density at radius 1 is 1.74 bits per heavy atom. The van der Waals surface area contributed by atoms with E-state index >= 15 is 0 Å². The Labute approximate surface area is 113 Å². The molecule has 7 nitrogen and oxygen atoms in total. The van der Waals surface area contributed by atoms with E-state index in [0.717, 1.165) is 4.57 Å². The van der Waals surface area contributed by atoms with E-state index in [1.165, 1.54) is 12.3 Å². The lowest BCUT2D eigenvalue weighted by Crippen LogP contribution is -2.43. The maximum absolute atomic E-state index is 11.8. The summed E-state index contributed by atoms with van der Waals surface area (Å²) in [7, 11) is 0. The van der Waals surface area contributed by atoms with Crippen LogP contribution >= 0.6 is 11.6 Å². The number of nitrogen functional groups attached to an aromatic ring is 1. The fraction of sp³-hybridized carbons (Fsp3) is 0.455. The van der Waals surface area contributed by atoms with Gasteiger partial charge >= 0.3 is 5.69 Å². The molecule has 19 heavy (non-hydrogen) atoms. The topological polar surface area (TPSA) is 111 Å². The zero-order valence-electron chi connectivity index (χ0n) is 9.73. The van der Waals surface area contributed by atoms with E-state index in [1.807, 2.05) is 0 Å². The number of ether oxygens (including phenoxy) is 1. The van der Waals surface area contributed by atoms with E-state index < -0.39 is 35.6 Å². The van der Waals surface area contributed by atoms with Crippen LogP contribution in [0.1, 0.15) is 6.23 Å². The van der Waals surface area contributed by atoms with Gasteiger partial charge in [0.05, 0.1) is 6.61 Å². The number of anilines is 1. The maximum Gasteiger partial charge on any atom is 0.351 e. The third-order valence-corrected chi connectivity index (χ3v) is 3.47. The van der Waals surface area contributed by atoms with Crippen molar-refractivity contribution >= 4 is 17.4 Å². The fourth-order valence-electron chi connectivity index (χ4n) is 1.93. The van der Waals surface area contributed by atoms with Crippen molar-refractivity contribution in [2.75, 3.05) is 12.3 Å². The van der Waals surface area contributed by atoms with Crippen LogP contribution in [-0.2, 0) is 4.74 Å². The maximum atomic E-state index is 11.8. The summed E-state index contributed by atoms with van der Waals surface area (Å²) in [4.78, 5) is 13.6. The molecule has 102 valence electrons. The fourth-order valence-corrected chi connectivity index (χ4v) is 2.22. The second kappa shape index (κ2) is 4.83. The molecule has 0 aromatic carbocycles. The molecule has 1 aliphatic heterocycles.